The van der Waals surface area contributed by atoms with E-state index in [1.165, 1.54) is 0 Å². The van der Waals surface area contributed by atoms with Crippen LogP contribution in [0.15, 0.2) is 66.2 Å². The minimum atomic E-state index is -3.26. The molecule has 3 aliphatic heterocycles. The average molecular weight is 913 g/mol. The molecule has 0 amide bonds. The Bertz CT molecular complexity index is 2980. The van der Waals surface area contributed by atoms with Crippen molar-refractivity contribution in [1.82, 2.24) is 0 Å². The Labute approximate surface area is 367 Å². The standard InChI is InChI=1S/C44H32O22/c45-15-5-21(47)17-10-30(64-41(58)13-1-23(49)35(55)24(50)2-13)38(62-28(17)7-15)19-9-27(53)37(57)40-33(19)34-20(12-32(54)44(34,61)43(60)66-40)39-31(11-18-22(48)6-16(46)8-29(18)63-39)65-42(59)14-3-25(51)36(56)26(52)4-14/h1-9,12,30-31,34,38-39,45-53,55-57,61H,10-11H2/t30-,31-,34+,38-,39-,44-/m1/s1. The number of hydrogen-bond acceptors (Lipinski definition) is 22. The highest BCUT2D eigenvalue weighted by molar-refractivity contribution is 6.18. The Morgan fingerprint density at radius 1 is 0.561 bits per heavy atom. The number of carbonyl (C=O) groups is 4. The van der Waals surface area contributed by atoms with Gasteiger partial charge in [-0.25, -0.2) is 14.4 Å². The normalized spacial score (nSPS) is 22.6. The zero-order valence-electron chi connectivity index (χ0n) is 33.1. The number of ketones is 1. The zero-order valence-corrected chi connectivity index (χ0v) is 33.1. The van der Waals surface area contributed by atoms with Gasteiger partial charge in [-0.15, -0.1) is 0 Å². The van der Waals surface area contributed by atoms with Crippen molar-refractivity contribution in [2.24, 2.45) is 0 Å². The molecule has 0 unspecified atom stereocenters. The molecular weight excluding hydrogens is 880 g/mol. The molecule has 13 N–H and O–H groups in total. The number of benzene rings is 5. The first-order valence-corrected chi connectivity index (χ1v) is 19.3. The van der Waals surface area contributed by atoms with Crippen LogP contribution in [0, 0.1) is 0 Å². The summed E-state index contributed by atoms with van der Waals surface area (Å²) in [4.78, 5) is 55.3. The largest absolute Gasteiger partial charge is 0.508 e. The SMILES string of the molecule is O=C(O[C@@H]1Cc2c(O)cc(O)cc2O[C@@H]1C1=CC(=O)[C@]2(O)C(=O)Oc3c(O)c(O)cc([C@H]4Oc5cc(O)cc(O)c5C[C@H]4OC(=O)c4cc(O)c(O)c(O)c4)c3[C@H]12)c1cc(O)c(O)c(O)c1. The van der Waals surface area contributed by atoms with E-state index in [9.17, 15) is 85.6 Å². The Hall–Kier alpha value is -8.92. The number of carbonyl (C=O) groups excluding carboxylic acids is 4. The molecule has 0 fully saturated rings. The third kappa shape index (κ3) is 6.53. The van der Waals surface area contributed by atoms with E-state index in [2.05, 4.69) is 0 Å². The highest BCUT2D eigenvalue weighted by atomic mass is 16.6. The van der Waals surface area contributed by atoms with Gasteiger partial charge in [0.1, 0.15) is 46.7 Å². The Balaban J connectivity index is 1.21. The molecule has 0 radical (unpaired) electrons. The van der Waals surface area contributed by atoms with E-state index in [-0.39, 0.29) is 22.6 Å². The number of rotatable bonds is 6. The molecule has 66 heavy (non-hydrogen) atoms. The lowest BCUT2D eigenvalue weighted by molar-refractivity contribution is -0.163. The fourth-order valence-electron chi connectivity index (χ4n) is 8.55. The minimum Gasteiger partial charge on any atom is -0.508 e. The molecule has 4 aliphatic rings. The van der Waals surface area contributed by atoms with Gasteiger partial charge in [-0.05, 0) is 42.0 Å². The maximum atomic E-state index is 14.1. The zero-order chi connectivity index (χ0) is 47.4. The van der Waals surface area contributed by atoms with Crippen LogP contribution in [-0.4, -0.2) is 114 Å². The summed E-state index contributed by atoms with van der Waals surface area (Å²) >= 11 is 0. The number of aliphatic hydroxyl groups is 1. The molecule has 0 saturated heterocycles. The summed E-state index contributed by atoms with van der Waals surface area (Å²) in [7, 11) is 0. The van der Waals surface area contributed by atoms with Gasteiger partial charge in [0.2, 0.25) is 11.4 Å². The highest BCUT2D eigenvalue weighted by Gasteiger charge is 2.64. The van der Waals surface area contributed by atoms with Crippen molar-refractivity contribution in [2.75, 3.05) is 0 Å². The van der Waals surface area contributed by atoms with Crippen LogP contribution < -0.4 is 14.2 Å². The van der Waals surface area contributed by atoms with Crippen molar-refractivity contribution >= 4 is 23.7 Å². The molecule has 6 atom stereocenters. The van der Waals surface area contributed by atoms with E-state index in [4.69, 9.17) is 23.7 Å². The molecule has 22 heteroatoms. The molecule has 9 rings (SSSR count). The Morgan fingerprint density at radius 3 is 1.48 bits per heavy atom. The first kappa shape index (κ1) is 42.4. The Morgan fingerprint density at radius 2 is 1.00 bits per heavy atom. The van der Waals surface area contributed by atoms with Crippen LogP contribution in [0.3, 0.4) is 0 Å². The van der Waals surface area contributed by atoms with Crippen LogP contribution in [0.2, 0.25) is 0 Å². The first-order chi connectivity index (χ1) is 31.2. The van der Waals surface area contributed by atoms with Crippen LogP contribution in [0.4, 0.5) is 0 Å². The smallest absolute Gasteiger partial charge is 0.352 e. The minimum absolute atomic E-state index is 0.0598. The summed E-state index contributed by atoms with van der Waals surface area (Å²) in [5, 5.41) is 137. The van der Waals surface area contributed by atoms with Crippen LogP contribution in [0.1, 0.15) is 55.0 Å². The van der Waals surface area contributed by atoms with Crippen molar-refractivity contribution < 1.29 is 109 Å². The number of phenolic OH excluding ortho intramolecular Hbond substituents is 12. The Kier molecular flexibility index (Phi) is 9.53. The summed E-state index contributed by atoms with van der Waals surface area (Å²) in [5.41, 5.74) is -5.78. The van der Waals surface area contributed by atoms with Crippen LogP contribution in [0.25, 0.3) is 0 Å². The van der Waals surface area contributed by atoms with Gasteiger partial charge < -0.3 is 90.1 Å². The number of ether oxygens (including phenoxy) is 5. The predicted molar refractivity (Wildman–Crippen MR) is 212 cm³/mol. The predicted octanol–water partition coefficient (Wildman–Crippen LogP) is 2.53. The quantitative estimate of drug-likeness (QED) is 0.0503. The molecule has 0 aromatic heterocycles. The lowest BCUT2D eigenvalue weighted by atomic mass is 9.72. The van der Waals surface area contributed by atoms with Gasteiger partial charge >= 0.3 is 17.9 Å². The van der Waals surface area contributed by atoms with E-state index >= 15 is 0 Å². The van der Waals surface area contributed by atoms with Crippen molar-refractivity contribution in [3.8, 4) is 86.2 Å². The highest BCUT2D eigenvalue weighted by Crippen LogP contribution is 2.59. The molecule has 340 valence electrons. The molecule has 5 aromatic carbocycles. The van der Waals surface area contributed by atoms with Gasteiger partial charge in [0.05, 0.1) is 17.0 Å². The third-order valence-corrected chi connectivity index (χ3v) is 11.6. The molecule has 0 bridgehead atoms. The number of aromatic hydroxyl groups is 12. The van der Waals surface area contributed by atoms with E-state index < -0.39 is 175 Å². The topological polar surface area (TPSA) is 377 Å². The second-order valence-electron chi connectivity index (χ2n) is 15.7. The van der Waals surface area contributed by atoms with Crippen molar-refractivity contribution in [1.29, 1.82) is 0 Å². The fourth-order valence-corrected chi connectivity index (χ4v) is 8.55. The van der Waals surface area contributed by atoms with Gasteiger partial charge in [0.25, 0.3) is 0 Å². The molecule has 3 heterocycles. The number of phenols is 12. The van der Waals surface area contributed by atoms with Gasteiger partial charge in [-0.2, -0.15) is 0 Å². The number of esters is 3. The van der Waals surface area contributed by atoms with E-state index in [0.29, 0.717) is 0 Å². The van der Waals surface area contributed by atoms with E-state index in [0.717, 1.165) is 60.7 Å². The van der Waals surface area contributed by atoms with Gasteiger partial charge in [0, 0.05) is 59.4 Å². The van der Waals surface area contributed by atoms with Crippen LogP contribution >= 0.6 is 0 Å². The molecule has 0 saturated carbocycles. The molecule has 5 aromatic rings. The van der Waals surface area contributed by atoms with Crippen LogP contribution in [0.5, 0.6) is 86.2 Å². The average Bonchev–Trinajstić information content (AvgIpc) is 3.53. The number of fused-ring (bicyclic) bond motifs is 5. The summed E-state index contributed by atoms with van der Waals surface area (Å²) < 4.78 is 29.4. The number of hydrogen-bond donors (Lipinski definition) is 13. The van der Waals surface area contributed by atoms with Crippen molar-refractivity contribution in [3.05, 3.63) is 99.6 Å². The fraction of sp³-hybridized carbons (Fsp3) is 0.182. The van der Waals surface area contributed by atoms with E-state index in [1.54, 1.807) is 0 Å². The molecule has 1 aliphatic carbocycles. The van der Waals surface area contributed by atoms with Crippen LogP contribution in [-0.2, 0) is 31.9 Å². The maximum Gasteiger partial charge on any atom is 0.352 e. The molecule has 0 spiro atoms. The summed E-state index contributed by atoms with van der Waals surface area (Å²) in [6, 6.07) is 7.76. The lowest BCUT2D eigenvalue weighted by Crippen LogP contribution is -2.55. The molecular formula is C44H32O22. The summed E-state index contributed by atoms with van der Waals surface area (Å²) in [5.74, 6) is -19.1. The van der Waals surface area contributed by atoms with Crippen molar-refractivity contribution in [2.45, 2.75) is 48.8 Å². The lowest BCUT2D eigenvalue weighted by Gasteiger charge is -2.42. The second-order valence-corrected chi connectivity index (χ2v) is 15.7. The van der Waals surface area contributed by atoms with Gasteiger partial charge in [-0.1, -0.05) is 0 Å². The van der Waals surface area contributed by atoms with Crippen molar-refractivity contribution in [3.63, 3.8) is 0 Å². The monoisotopic (exact) mass is 912 g/mol. The van der Waals surface area contributed by atoms with Gasteiger partial charge in [0.15, 0.2) is 64.0 Å². The van der Waals surface area contributed by atoms with Gasteiger partial charge in [-0.3, -0.25) is 4.79 Å². The summed E-state index contributed by atoms with van der Waals surface area (Å²) in [6.45, 7) is 0. The maximum absolute atomic E-state index is 14.1. The van der Waals surface area contributed by atoms with E-state index in [1.807, 2.05) is 0 Å². The second kappa shape index (κ2) is 14.8. The third-order valence-electron chi connectivity index (χ3n) is 11.6. The summed E-state index contributed by atoms with van der Waals surface area (Å²) in [6.07, 6.45) is -7.23. The first-order valence-electron chi connectivity index (χ1n) is 19.3. The molecule has 22 nitrogen and oxygen atoms in total.